The molecule has 0 unspecified atom stereocenters. The molecule has 0 aliphatic rings. The fraction of sp³-hybridized carbons (Fsp3) is 1.00. The summed E-state index contributed by atoms with van der Waals surface area (Å²) in [5, 5.41) is 0. The molecule has 0 aliphatic heterocycles. The van der Waals surface area contributed by atoms with Crippen LogP contribution in [-0.4, -0.2) is 244 Å². The molecule has 113 heavy (non-hydrogen) atoms. The molecule has 0 rings (SSSR count). The highest BCUT2D eigenvalue weighted by Crippen LogP contribution is 2.38. The molecule has 0 spiro atoms. The highest BCUT2D eigenvalue weighted by molar-refractivity contribution is 6.98. The van der Waals surface area contributed by atoms with E-state index in [1.807, 2.05) is 170 Å². The second-order valence-corrected chi connectivity index (χ2v) is 145. The van der Waals surface area contributed by atoms with Crippen LogP contribution in [0.1, 0.15) is 0 Å². The highest BCUT2D eigenvalue weighted by Gasteiger charge is 2.57. The maximum absolute atomic E-state index is 10.5. The van der Waals surface area contributed by atoms with Gasteiger partial charge in [-0.15, -0.1) is 0 Å². The first-order valence-corrected chi connectivity index (χ1v) is 119. The van der Waals surface area contributed by atoms with Crippen LogP contribution in [0.25, 0.3) is 0 Å². The van der Waals surface area contributed by atoms with Gasteiger partial charge < -0.3 is 116 Å². The number of hydrogen-bond acceptors (Lipinski definition) is 28. The van der Waals surface area contributed by atoms with Crippen LogP contribution in [-0.2, 0) is 111 Å². The predicted octanol–water partition coefficient (Wildman–Crippen LogP) is 20.2. The maximum atomic E-state index is 10.5. The molecule has 0 fully saturated rings. The fourth-order valence-corrected chi connectivity index (χ4v) is 160. The Bertz CT molecular complexity index is 2790. The van der Waals surface area contributed by atoms with E-state index >= 15 is 0 Å². The van der Waals surface area contributed by atoms with Crippen molar-refractivity contribution in [1.29, 1.82) is 0 Å². The van der Waals surface area contributed by atoms with Crippen molar-refractivity contribution in [2.75, 3.05) is 0 Å². The normalized spacial score (nSPS) is 16.3. The SMILES string of the molecule is C[Si](C)(C)O[Si](C)(C)O[Si](C)(C)O[Si](C)(C)O[Si](C)(C)O[Si](C)(C)O[Si](C)(C)O[Si](C)(C)O[Si](C)(C)O[Si](C)(C)O[Si](C)(C)O[Si](C)(C)O[Si](C)(C)O[Si](C)(C)O[Si](C)(C)O[Si](C)(C)O[Si](C)(C)O[Si](C)(C)O[Si](C)(C)O[Si](C)(C)O[Si](C)(C)O[Si](C)(C)O[Si](C)(C)O[Si](C)(C)O[Si](C)(C)O[Si](C)(C)O[Si](C)(C)O[Si](C)(C)O. The van der Waals surface area contributed by atoms with Gasteiger partial charge in [0.1, 0.15) is 0 Å². The summed E-state index contributed by atoms with van der Waals surface area (Å²) in [7, 11) is -78.5. The van der Waals surface area contributed by atoms with Gasteiger partial charge in [0.05, 0.1) is 0 Å². The second kappa shape index (κ2) is 39.3. The topological polar surface area (TPSA) is 269 Å². The largest absolute Gasteiger partial charge is 0.437 e. The van der Waals surface area contributed by atoms with Crippen LogP contribution in [0.3, 0.4) is 0 Å². The Hall–Kier alpha value is 4.95. The molecular weight excluding hydrogens is 1920 g/mol. The molecule has 56 heteroatoms. The summed E-state index contributed by atoms with van der Waals surface area (Å²) < 4.78 is 185. The first-order chi connectivity index (χ1) is 48.1. The Kier molecular flexibility index (Phi) is 41.1. The van der Waals surface area contributed by atoms with Crippen LogP contribution in [0, 0.1) is 0 Å². The van der Waals surface area contributed by atoms with Crippen molar-refractivity contribution in [3.8, 4) is 0 Å². The average Bonchev–Trinajstić information content (AvgIpc) is 0.804. The van der Waals surface area contributed by atoms with Crippen molar-refractivity contribution in [2.24, 2.45) is 0 Å². The molecule has 0 aliphatic carbocycles. The Labute approximate surface area is 721 Å². The zero-order valence-electron chi connectivity index (χ0n) is 82.5. The van der Waals surface area contributed by atoms with Crippen molar-refractivity contribution in [3.63, 3.8) is 0 Å². The molecule has 0 aromatic carbocycles. The van der Waals surface area contributed by atoms with Crippen LogP contribution in [0.4, 0.5) is 0 Å². The van der Waals surface area contributed by atoms with Crippen molar-refractivity contribution in [1.82, 2.24) is 0 Å². The zero-order chi connectivity index (χ0) is 91.1. The van der Waals surface area contributed by atoms with E-state index in [-0.39, 0.29) is 0 Å². The molecule has 0 bridgehead atoms. The van der Waals surface area contributed by atoms with Gasteiger partial charge in [-0.25, -0.2) is 0 Å². The van der Waals surface area contributed by atoms with Gasteiger partial charge in [0, 0.05) is 0 Å². The van der Waals surface area contributed by atoms with E-state index in [0.29, 0.717) is 0 Å². The number of hydrogen-bond donors (Lipinski definition) is 1. The Morgan fingerprint density at radius 3 is 0.195 bits per heavy atom. The quantitative estimate of drug-likeness (QED) is 0.0554. The Balaban J connectivity index is 5.94. The second-order valence-electron chi connectivity index (χ2n) is 42.7. The predicted molar refractivity (Wildman–Crippen MR) is 527 cm³/mol. The van der Waals surface area contributed by atoms with E-state index in [4.69, 9.17) is 111 Å². The molecule has 0 amide bonds. The van der Waals surface area contributed by atoms with Gasteiger partial charge in [-0.3, -0.25) is 0 Å². The minimum absolute atomic E-state index is 1.74. The summed E-state index contributed by atoms with van der Waals surface area (Å²) in [4.78, 5) is 10.5. The summed E-state index contributed by atoms with van der Waals surface area (Å²) >= 11 is 0. The highest BCUT2D eigenvalue weighted by atomic mass is 28.6. The fourth-order valence-electron chi connectivity index (χ4n) is 16.7. The van der Waals surface area contributed by atoms with Crippen LogP contribution < -0.4 is 0 Å². The summed E-state index contributed by atoms with van der Waals surface area (Å²) in [5.41, 5.74) is 0. The first kappa shape index (κ1) is 118. The molecule has 1 N–H and O–H groups in total. The van der Waals surface area contributed by atoms with E-state index in [1.54, 1.807) is 13.1 Å². The summed E-state index contributed by atoms with van der Waals surface area (Å²) in [6.45, 7) is 116. The first-order valence-electron chi connectivity index (χ1n) is 39.7. The van der Waals surface area contributed by atoms with Crippen molar-refractivity contribution >= 4 is 239 Å². The molecule has 0 saturated carbocycles. The Morgan fingerprint density at radius 1 is 0.0885 bits per heavy atom. The summed E-state index contributed by atoms with van der Waals surface area (Å²) in [6, 6.07) is 0. The zero-order valence-corrected chi connectivity index (χ0v) is 110. The molecule has 28 nitrogen and oxygen atoms in total. The summed E-state index contributed by atoms with van der Waals surface area (Å²) in [5.74, 6) is 0. The van der Waals surface area contributed by atoms with Gasteiger partial charge in [0.15, 0.2) is 8.32 Å². The molecule has 0 saturated heterocycles. The van der Waals surface area contributed by atoms with Gasteiger partial charge in [0.25, 0.3) is 0 Å². The van der Waals surface area contributed by atoms with Crippen LogP contribution in [0.2, 0.25) is 373 Å². The van der Waals surface area contributed by atoms with E-state index in [1.165, 1.54) is 0 Å². The van der Waals surface area contributed by atoms with Gasteiger partial charge >= 0.3 is 231 Å². The third-order valence-electron chi connectivity index (χ3n) is 13.3. The number of rotatable bonds is 54. The smallest absolute Gasteiger partial charge is 0.320 e. The lowest BCUT2D eigenvalue weighted by Gasteiger charge is -2.45. The monoisotopic (exact) mass is 2090 g/mol. The lowest BCUT2D eigenvalue weighted by molar-refractivity contribution is 0.243. The van der Waals surface area contributed by atoms with Crippen molar-refractivity contribution in [2.45, 2.75) is 373 Å². The average molecular weight is 2090 g/mol. The van der Waals surface area contributed by atoms with Gasteiger partial charge in [-0.05, 0) is 373 Å². The lowest BCUT2D eigenvalue weighted by Crippen LogP contribution is -2.63. The molecular formula is C57H172O28Si28. The van der Waals surface area contributed by atoms with Gasteiger partial charge in [0.2, 0.25) is 0 Å². The van der Waals surface area contributed by atoms with E-state index in [9.17, 15) is 4.80 Å². The van der Waals surface area contributed by atoms with Crippen molar-refractivity contribution in [3.05, 3.63) is 0 Å². The van der Waals surface area contributed by atoms with Crippen molar-refractivity contribution < 1.29 is 116 Å². The standard InChI is InChI=1S/C57H172O28Si28/c1-86(2,3)59-88(6,7)61-90(10,11)63-92(14,15)65-94(18,19)67-96(22,23)69-98(26,27)71-100(30,31)73-102(34,35)75-104(38,39)77-106(42,43)79-108(46,47)81-110(50,51)83-112(54,55)85-113(56,57)84-111(52,53)82-109(48,49)80-107(44,45)78-105(40,41)76-103(36,37)74-101(32,33)72-99(28,29)70-97(24,25)68-95(20,21)66-93(16,17)64-91(12,13)62-89(8,9)60-87(4,5)58/h58H,1-57H3. The lowest BCUT2D eigenvalue weighted by atomic mass is 11.8. The Morgan fingerprint density at radius 2 is 0.142 bits per heavy atom. The van der Waals surface area contributed by atoms with Gasteiger partial charge in [-0.1, -0.05) is 0 Å². The third kappa shape index (κ3) is 55.4. The van der Waals surface area contributed by atoms with Crippen LogP contribution >= 0.6 is 0 Å². The minimum Gasteiger partial charge on any atom is -0.437 e. The molecule has 0 atom stereocenters. The molecule has 0 aromatic rings. The minimum atomic E-state index is -2.93. The molecule has 0 heterocycles. The molecule has 0 radical (unpaired) electrons. The summed E-state index contributed by atoms with van der Waals surface area (Å²) in [6.07, 6.45) is 0. The maximum Gasteiger partial charge on any atom is 0.320 e. The van der Waals surface area contributed by atoms with Crippen LogP contribution in [0.15, 0.2) is 0 Å². The molecule has 680 valence electrons. The molecule has 0 aromatic heterocycles. The third-order valence-corrected chi connectivity index (χ3v) is 120. The van der Waals surface area contributed by atoms with E-state index in [0.717, 1.165) is 0 Å². The van der Waals surface area contributed by atoms with E-state index < -0.39 is 239 Å². The van der Waals surface area contributed by atoms with Gasteiger partial charge in [-0.2, -0.15) is 0 Å². The van der Waals surface area contributed by atoms with E-state index in [2.05, 4.69) is 190 Å². The van der Waals surface area contributed by atoms with Crippen LogP contribution in [0.5, 0.6) is 0 Å².